The molecule has 0 bridgehead atoms. The Morgan fingerprint density at radius 2 is 1.76 bits per heavy atom. The summed E-state index contributed by atoms with van der Waals surface area (Å²) in [6.45, 7) is 7.84. The third kappa shape index (κ3) is 4.26. The quantitative estimate of drug-likeness (QED) is 0.621. The first kappa shape index (κ1) is 15.0. The first-order valence-electron chi connectivity index (χ1n) is 7.41. The largest absolute Gasteiger partial charge is 0.378 e. The van der Waals surface area contributed by atoms with E-state index in [0.29, 0.717) is 17.6 Å². The monoisotopic (exact) mass is 241 g/mol. The molecule has 2 unspecified atom stereocenters. The van der Waals surface area contributed by atoms with Crippen molar-refractivity contribution in [3.63, 3.8) is 0 Å². The van der Waals surface area contributed by atoms with E-state index in [-0.39, 0.29) is 0 Å². The lowest BCUT2D eigenvalue weighted by Crippen LogP contribution is -2.60. The van der Waals surface area contributed by atoms with Crippen molar-refractivity contribution in [1.29, 1.82) is 0 Å². The Balaban J connectivity index is 1.97. The molecule has 1 rings (SSSR count). The van der Waals surface area contributed by atoms with Gasteiger partial charge in [-0.1, -0.05) is 52.9 Å². The van der Waals surface area contributed by atoms with Crippen molar-refractivity contribution in [2.24, 2.45) is 5.41 Å². The van der Waals surface area contributed by atoms with Gasteiger partial charge in [0.1, 0.15) is 0 Å². The van der Waals surface area contributed by atoms with Gasteiger partial charge in [0.15, 0.2) is 0 Å². The molecule has 2 heteroatoms. The maximum absolute atomic E-state index is 5.99. The molecule has 0 spiro atoms. The second-order valence-corrected chi connectivity index (χ2v) is 6.03. The lowest BCUT2D eigenvalue weighted by Gasteiger charge is -2.51. The van der Waals surface area contributed by atoms with E-state index >= 15 is 0 Å². The predicted octanol–water partition coefficient (Wildman–Crippen LogP) is 3.75. The smallest absolute Gasteiger partial charge is 0.0655 e. The van der Waals surface area contributed by atoms with Gasteiger partial charge in [-0.2, -0.15) is 0 Å². The number of hydrogen-bond donors (Lipinski definition) is 1. The second kappa shape index (κ2) is 7.38. The number of ether oxygens (including phenoxy) is 1. The van der Waals surface area contributed by atoms with Crippen molar-refractivity contribution in [2.45, 2.75) is 77.9 Å². The van der Waals surface area contributed by atoms with E-state index in [1.165, 1.54) is 44.9 Å². The minimum atomic E-state index is 0.316. The van der Waals surface area contributed by atoms with Crippen LogP contribution in [0.1, 0.15) is 65.7 Å². The lowest BCUT2D eigenvalue weighted by molar-refractivity contribution is -0.116. The molecule has 0 aliphatic heterocycles. The van der Waals surface area contributed by atoms with Crippen LogP contribution in [0.2, 0.25) is 0 Å². The van der Waals surface area contributed by atoms with E-state index < -0.39 is 0 Å². The third-order valence-corrected chi connectivity index (χ3v) is 4.34. The first-order chi connectivity index (χ1) is 8.12. The summed E-state index contributed by atoms with van der Waals surface area (Å²) in [5, 5.41) is 3.37. The summed E-state index contributed by atoms with van der Waals surface area (Å²) in [5.74, 6) is 0. The zero-order valence-electron chi connectivity index (χ0n) is 12.2. The van der Waals surface area contributed by atoms with E-state index in [1.807, 2.05) is 0 Å². The summed E-state index contributed by atoms with van der Waals surface area (Å²) >= 11 is 0. The van der Waals surface area contributed by atoms with Crippen molar-refractivity contribution >= 4 is 0 Å². The Kier molecular flexibility index (Phi) is 6.50. The van der Waals surface area contributed by atoms with Crippen LogP contribution >= 0.6 is 0 Å². The maximum Gasteiger partial charge on any atom is 0.0655 e. The van der Waals surface area contributed by atoms with Gasteiger partial charge in [0.2, 0.25) is 0 Å². The van der Waals surface area contributed by atoms with Crippen LogP contribution in [0.3, 0.4) is 0 Å². The first-order valence-corrected chi connectivity index (χ1v) is 7.41. The van der Waals surface area contributed by atoms with Gasteiger partial charge in [0, 0.05) is 18.1 Å². The average Bonchev–Trinajstić information content (AvgIpc) is 2.31. The van der Waals surface area contributed by atoms with E-state index in [1.54, 1.807) is 0 Å². The zero-order chi connectivity index (χ0) is 12.7. The van der Waals surface area contributed by atoms with Crippen LogP contribution in [-0.2, 0) is 4.74 Å². The van der Waals surface area contributed by atoms with Crippen molar-refractivity contribution in [3.8, 4) is 0 Å². The van der Waals surface area contributed by atoms with E-state index in [2.05, 4.69) is 33.1 Å². The molecular formula is C15H31NO. The summed E-state index contributed by atoms with van der Waals surface area (Å²) in [6.07, 6.45) is 9.72. The van der Waals surface area contributed by atoms with Crippen LogP contribution in [0.15, 0.2) is 0 Å². The van der Waals surface area contributed by atoms with Gasteiger partial charge in [-0.05, 0) is 19.9 Å². The molecule has 2 nitrogen and oxygen atoms in total. The molecule has 1 N–H and O–H groups in total. The third-order valence-electron chi connectivity index (χ3n) is 4.34. The van der Waals surface area contributed by atoms with E-state index in [9.17, 15) is 0 Å². The highest BCUT2D eigenvalue weighted by molar-refractivity contribution is 5.02. The molecule has 1 saturated carbocycles. The molecule has 1 fully saturated rings. The molecule has 0 aromatic carbocycles. The molecule has 2 atom stereocenters. The van der Waals surface area contributed by atoms with Crippen LogP contribution in [0.4, 0.5) is 0 Å². The van der Waals surface area contributed by atoms with E-state index in [4.69, 9.17) is 4.74 Å². The highest BCUT2D eigenvalue weighted by atomic mass is 16.5. The second-order valence-electron chi connectivity index (χ2n) is 6.03. The minimum absolute atomic E-state index is 0.316. The molecule has 0 aromatic heterocycles. The Hall–Kier alpha value is -0.0800. The van der Waals surface area contributed by atoms with Crippen LogP contribution < -0.4 is 5.32 Å². The van der Waals surface area contributed by atoms with Crippen LogP contribution in [0.25, 0.3) is 0 Å². The Labute approximate surface area is 108 Å². The molecule has 17 heavy (non-hydrogen) atoms. The van der Waals surface area contributed by atoms with Crippen molar-refractivity contribution < 1.29 is 4.74 Å². The number of rotatable bonds is 9. The fraction of sp³-hybridized carbons (Fsp3) is 1.00. The van der Waals surface area contributed by atoms with Crippen LogP contribution in [0, 0.1) is 5.41 Å². The summed E-state index contributed by atoms with van der Waals surface area (Å²) in [6, 6.07) is 0.636. The minimum Gasteiger partial charge on any atom is -0.378 e. The summed E-state index contributed by atoms with van der Waals surface area (Å²) in [7, 11) is 2.05. The number of nitrogens with one attached hydrogen (secondary N) is 1. The normalized spacial score (nSPS) is 26.8. The molecule has 0 radical (unpaired) electrons. The van der Waals surface area contributed by atoms with Crippen molar-refractivity contribution in [2.75, 3.05) is 13.7 Å². The van der Waals surface area contributed by atoms with Crippen molar-refractivity contribution in [1.82, 2.24) is 5.32 Å². The summed E-state index contributed by atoms with van der Waals surface area (Å²) in [4.78, 5) is 0. The average molecular weight is 241 g/mol. The standard InChI is InChI=1S/C15H31NO/c1-5-6-7-8-9-10-11-17-14-12-13(16-4)15(14,2)3/h13-14,16H,5-12H2,1-4H3. The fourth-order valence-electron chi connectivity index (χ4n) is 2.77. The molecule has 0 aromatic rings. The van der Waals surface area contributed by atoms with Crippen LogP contribution in [-0.4, -0.2) is 25.8 Å². The molecule has 0 saturated heterocycles. The Bertz CT molecular complexity index is 203. The number of hydrogen-bond acceptors (Lipinski definition) is 2. The highest BCUT2D eigenvalue weighted by Gasteiger charge is 2.47. The number of unbranched alkanes of at least 4 members (excludes halogenated alkanes) is 5. The lowest BCUT2D eigenvalue weighted by atomic mass is 9.64. The Morgan fingerprint density at radius 1 is 1.12 bits per heavy atom. The molecular weight excluding hydrogens is 210 g/mol. The molecule has 0 amide bonds. The topological polar surface area (TPSA) is 21.3 Å². The molecule has 1 aliphatic rings. The maximum atomic E-state index is 5.99. The Morgan fingerprint density at radius 3 is 2.35 bits per heavy atom. The SMILES string of the molecule is CCCCCCCCOC1CC(NC)C1(C)C. The highest BCUT2D eigenvalue weighted by Crippen LogP contribution is 2.42. The summed E-state index contributed by atoms with van der Waals surface area (Å²) in [5.41, 5.74) is 0.316. The van der Waals surface area contributed by atoms with Gasteiger partial charge in [-0.3, -0.25) is 0 Å². The molecule has 102 valence electrons. The molecule has 1 aliphatic carbocycles. The van der Waals surface area contributed by atoms with Gasteiger partial charge >= 0.3 is 0 Å². The van der Waals surface area contributed by atoms with Gasteiger partial charge < -0.3 is 10.1 Å². The van der Waals surface area contributed by atoms with E-state index in [0.717, 1.165) is 6.61 Å². The van der Waals surface area contributed by atoms with Gasteiger partial charge in [0.05, 0.1) is 6.10 Å². The zero-order valence-corrected chi connectivity index (χ0v) is 12.2. The van der Waals surface area contributed by atoms with Crippen molar-refractivity contribution in [3.05, 3.63) is 0 Å². The van der Waals surface area contributed by atoms with Crippen LogP contribution in [0.5, 0.6) is 0 Å². The summed E-state index contributed by atoms with van der Waals surface area (Å²) < 4.78 is 5.99. The fourth-order valence-corrected chi connectivity index (χ4v) is 2.77. The van der Waals surface area contributed by atoms with Gasteiger partial charge in [-0.15, -0.1) is 0 Å². The van der Waals surface area contributed by atoms with Gasteiger partial charge in [0.25, 0.3) is 0 Å². The molecule has 0 heterocycles. The van der Waals surface area contributed by atoms with Gasteiger partial charge in [-0.25, -0.2) is 0 Å². The predicted molar refractivity (Wildman–Crippen MR) is 74.4 cm³/mol.